The van der Waals surface area contributed by atoms with Gasteiger partial charge in [0.05, 0.1) is 0 Å². The molecule has 1 aliphatic rings. The molecule has 1 rings (SSSR count). The van der Waals surface area contributed by atoms with Crippen LogP contribution >= 0.6 is 11.8 Å². The third-order valence-corrected chi connectivity index (χ3v) is 4.80. The van der Waals surface area contributed by atoms with Crippen molar-refractivity contribution in [2.75, 3.05) is 31.6 Å². The van der Waals surface area contributed by atoms with E-state index < -0.39 is 0 Å². The monoisotopic (exact) mass is 329 g/mol. The fraction of sp³-hybridized carbons (Fsp3) is 0.875. The Morgan fingerprint density at radius 3 is 2.64 bits per heavy atom. The van der Waals surface area contributed by atoms with E-state index in [-0.39, 0.29) is 18.0 Å². The van der Waals surface area contributed by atoms with Crippen molar-refractivity contribution in [1.29, 1.82) is 0 Å². The highest BCUT2D eigenvalue weighted by atomic mass is 32.2. The summed E-state index contributed by atoms with van der Waals surface area (Å²) in [5.41, 5.74) is 0. The van der Waals surface area contributed by atoms with Gasteiger partial charge in [-0.2, -0.15) is 11.8 Å². The van der Waals surface area contributed by atoms with Gasteiger partial charge in [-0.15, -0.1) is 0 Å². The topological polar surface area (TPSA) is 61.4 Å². The zero-order valence-electron chi connectivity index (χ0n) is 14.4. The molecule has 22 heavy (non-hydrogen) atoms. The summed E-state index contributed by atoms with van der Waals surface area (Å²) in [6, 6.07) is 0.184. The lowest BCUT2D eigenvalue weighted by Gasteiger charge is -2.38. The maximum Gasteiger partial charge on any atom is 0.317 e. The van der Waals surface area contributed by atoms with E-state index in [1.807, 2.05) is 25.0 Å². The first-order valence-electron chi connectivity index (χ1n) is 8.29. The van der Waals surface area contributed by atoms with Crippen LogP contribution in [-0.4, -0.2) is 54.5 Å². The molecule has 0 aromatic rings. The Morgan fingerprint density at radius 1 is 1.32 bits per heavy atom. The van der Waals surface area contributed by atoms with Crippen LogP contribution in [0.15, 0.2) is 0 Å². The Bertz CT molecular complexity index is 363. The van der Waals surface area contributed by atoms with Gasteiger partial charge in [0.1, 0.15) is 0 Å². The molecule has 1 fully saturated rings. The molecule has 1 saturated heterocycles. The maximum atomic E-state index is 12.1. The third-order valence-electron chi connectivity index (χ3n) is 4.19. The number of nitrogens with zero attached hydrogens (tertiary/aromatic N) is 1. The zero-order valence-corrected chi connectivity index (χ0v) is 15.2. The standard InChI is InChI=1S/C16H31N3O2S/c1-5-13-11-19(16(21)18-12(2)3)8-6-14(13)10-15(20)17-7-9-22-4/h12-14H,5-11H2,1-4H3,(H,17,20)(H,18,21)/t13-,14-/m0/s1. The van der Waals surface area contributed by atoms with E-state index in [9.17, 15) is 9.59 Å². The van der Waals surface area contributed by atoms with Gasteiger partial charge in [-0.05, 0) is 38.4 Å². The van der Waals surface area contributed by atoms with Crippen molar-refractivity contribution < 1.29 is 9.59 Å². The van der Waals surface area contributed by atoms with Crippen LogP contribution < -0.4 is 10.6 Å². The lowest BCUT2D eigenvalue weighted by Crippen LogP contribution is -2.50. The minimum Gasteiger partial charge on any atom is -0.355 e. The first kappa shape index (κ1) is 19.1. The number of piperidine rings is 1. The average molecular weight is 330 g/mol. The van der Waals surface area contributed by atoms with Gasteiger partial charge < -0.3 is 15.5 Å². The van der Waals surface area contributed by atoms with Crippen molar-refractivity contribution in [3.8, 4) is 0 Å². The minimum atomic E-state index is 0.0244. The van der Waals surface area contributed by atoms with Crippen molar-refractivity contribution in [2.24, 2.45) is 11.8 Å². The molecule has 2 atom stereocenters. The van der Waals surface area contributed by atoms with Gasteiger partial charge in [0.15, 0.2) is 0 Å². The van der Waals surface area contributed by atoms with E-state index in [0.717, 1.165) is 38.2 Å². The number of urea groups is 1. The molecule has 2 N–H and O–H groups in total. The van der Waals surface area contributed by atoms with Gasteiger partial charge in [0, 0.05) is 37.8 Å². The fourth-order valence-electron chi connectivity index (χ4n) is 2.94. The van der Waals surface area contributed by atoms with Crippen molar-refractivity contribution in [1.82, 2.24) is 15.5 Å². The number of hydrogen-bond acceptors (Lipinski definition) is 3. The fourth-order valence-corrected chi connectivity index (χ4v) is 3.24. The molecular weight excluding hydrogens is 298 g/mol. The third kappa shape index (κ3) is 6.46. The van der Waals surface area contributed by atoms with Crippen molar-refractivity contribution in [3.05, 3.63) is 0 Å². The normalized spacial score (nSPS) is 21.8. The number of thioether (sulfide) groups is 1. The predicted octanol–water partition coefficient (Wildman–Crippen LogP) is 2.32. The highest BCUT2D eigenvalue weighted by molar-refractivity contribution is 7.98. The van der Waals surface area contributed by atoms with Gasteiger partial charge in [-0.25, -0.2) is 4.79 Å². The molecule has 1 aliphatic heterocycles. The van der Waals surface area contributed by atoms with Crippen LogP contribution in [-0.2, 0) is 4.79 Å². The molecule has 0 spiro atoms. The first-order chi connectivity index (χ1) is 10.5. The maximum absolute atomic E-state index is 12.1. The van der Waals surface area contributed by atoms with E-state index in [1.165, 1.54) is 0 Å². The number of hydrogen-bond donors (Lipinski definition) is 2. The van der Waals surface area contributed by atoms with E-state index in [0.29, 0.717) is 18.3 Å². The number of amides is 3. The second-order valence-corrected chi connectivity index (χ2v) is 7.30. The molecule has 0 aliphatic carbocycles. The van der Waals surface area contributed by atoms with Crippen molar-refractivity contribution in [2.45, 2.75) is 46.1 Å². The van der Waals surface area contributed by atoms with Crippen LogP contribution in [0.4, 0.5) is 4.79 Å². The largest absolute Gasteiger partial charge is 0.355 e. The second-order valence-electron chi connectivity index (χ2n) is 6.31. The van der Waals surface area contributed by atoms with Crippen LogP contribution in [0, 0.1) is 11.8 Å². The first-order valence-corrected chi connectivity index (χ1v) is 9.68. The van der Waals surface area contributed by atoms with Crippen LogP contribution in [0.1, 0.15) is 40.0 Å². The highest BCUT2D eigenvalue weighted by Gasteiger charge is 2.31. The van der Waals surface area contributed by atoms with Gasteiger partial charge in [0.2, 0.25) is 5.91 Å². The number of carbonyl (C=O) groups excluding carboxylic acids is 2. The molecule has 0 aromatic carbocycles. The number of likely N-dealkylation sites (tertiary alicyclic amines) is 1. The Balaban J connectivity index is 2.45. The predicted molar refractivity (Wildman–Crippen MR) is 93.1 cm³/mol. The number of nitrogens with one attached hydrogen (secondary N) is 2. The smallest absolute Gasteiger partial charge is 0.317 e. The molecule has 3 amide bonds. The van der Waals surface area contributed by atoms with Gasteiger partial charge in [-0.1, -0.05) is 13.3 Å². The summed E-state index contributed by atoms with van der Waals surface area (Å²) in [6.45, 7) is 8.34. The summed E-state index contributed by atoms with van der Waals surface area (Å²) < 4.78 is 0. The minimum absolute atomic E-state index is 0.0244. The van der Waals surface area contributed by atoms with E-state index >= 15 is 0 Å². The molecule has 128 valence electrons. The van der Waals surface area contributed by atoms with E-state index in [2.05, 4.69) is 17.6 Å². The summed E-state index contributed by atoms with van der Waals surface area (Å²) in [7, 11) is 0. The van der Waals surface area contributed by atoms with Gasteiger partial charge >= 0.3 is 6.03 Å². The molecule has 0 saturated carbocycles. The second kappa shape index (κ2) is 9.98. The molecule has 1 heterocycles. The van der Waals surface area contributed by atoms with Crippen LogP contribution in [0.25, 0.3) is 0 Å². The Labute approximate surface area is 139 Å². The quantitative estimate of drug-likeness (QED) is 0.705. The average Bonchev–Trinajstić information content (AvgIpc) is 2.47. The Hall–Kier alpha value is -0.910. The van der Waals surface area contributed by atoms with E-state index in [1.54, 1.807) is 11.8 Å². The molecule has 0 radical (unpaired) electrons. The Kier molecular flexibility index (Phi) is 8.68. The summed E-state index contributed by atoms with van der Waals surface area (Å²) in [5, 5.41) is 5.94. The SMILES string of the molecule is CC[C@H]1CN(C(=O)NC(C)C)CC[C@H]1CC(=O)NCCSC. The van der Waals surface area contributed by atoms with Crippen LogP contribution in [0.2, 0.25) is 0 Å². The van der Waals surface area contributed by atoms with Crippen molar-refractivity contribution >= 4 is 23.7 Å². The summed E-state index contributed by atoms with van der Waals surface area (Å²) in [6.07, 6.45) is 4.55. The van der Waals surface area contributed by atoms with E-state index in [4.69, 9.17) is 0 Å². The molecule has 6 heteroatoms. The highest BCUT2D eigenvalue weighted by Crippen LogP contribution is 2.29. The summed E-state index contributed by atoms with van der Waals surface area (Å²) in [4.78, 5) is 26.0. The molecule has 0 aromatic heterocycles. The Morgan fingerprint density at radius 2 is 2.05 bits per heavy atom. The molecule has 5 nitrogen and oxygen atoms in total. The summed E-state index contributed by atoms with van der Waals surface area (Å²) >= 11 is 1.74. The van der Waals surface area contributed by atoms with Gasteiger partial charge in [-0.3, -0.25) is 4.79 Å². The lowest BCUT2D eigenvalue weighted by atomic mass is 9.81. The molecule has 0 unspecified atom stereocenters. The van der Waals surface area contributed by atoms with Gasteiger partial charge in [0.25, 0.3) is 0 Å². The van der Waals surface area contributed by atoms with Crippen molar-refractivity contribution in [3.63, 3.8) is 0 Å². The van der Waals surface area contributed by atoms with Crippen LogP contribution in [0.5, 0.6) is 0 Å². The number of rotatable bonds is 7. The molecular formula is C16H31N3O2S. The number of carbonyl (C=O) groups is 2. The lowest BCUT2D eigenvalue weighted by molar-refractivity contribution is -0.122. The van der Waals surface area contributed by atoms with Crippen LogP contribution in [0.3, 0.4) is 0 Å². The summed E-state index contributed by atoms with van der Waals surface area (Å²) in [5.74, 6) is 1.91. The molecule has 0 bridgehead atoms. The zero-order chi connectivity index (χ0) is 16.5.